The molecule has 2 rings (SSSR count). The van der Waals surface area contributed by atoms with Gasteiger partial charge in [-0.2, -0.15) is 0 Å². The Labute approximate surface area is 170 Å². The molecule has 29 heavy (non-hydrogen) atoms. The first kappa shape index (κ1) is 22.1. The lowest BCUT2D eigenvalue weighted by Gasteiger charge is -2.30. The second-order valence-corrected chi connectivity index (χ2v) is 6.70. The van der Waals surface area contributed by atoms with Gasteiger partial charge in [0.15, 0.2) is 0 Å². The first-order valence-electron chi connectivity index (χ1n) is 9.81. The third-order valence-electron chi connectivity index (χ3n) is 4.75. The van der Waals surface area contributed by atoms with E-state index in [4.69, 9.17) is 0 Å². The Kier molecular flexibility index (Phi) is 8.33. The number of nitrogens with zero attached hydrogens (tertiary/aromatic N) is 2. The van der Waals surface area contributed by atoms with Crippen LogP contribution in [0.2, 0.25) is 0 Å². The second kappa shape index (κ2) is 10.9. The molecule has 0 aliphatic carbocycles. The Balaban J connectivity index is 2.26. The number of hydrogen-bond donors (Lipinski definition) is 1. The molecule has 0 aliphatic rings. The molecule has 1 unspecified atom stereocenters. The van der Waals surface area contributed by atoms with Crippen LogP contribution in [-0.4, -0.2) is 40.8 Å². The van der Waals surface area contributed by atoms with Crippen molar-refractivity contribution in [2.24, 2.45) is 0 Å². The van der Waals surface area contributed by atoms with Crippen molar-refractivity contribution in [3.63, 3.8) is 0 Å². The molecule has 7 nitrogen and oxygen atoms in total. The molecule has 2 aromatic rings. The van der Waals surface area contributed by atoms with E-state index in [9.17, 15) is 19.7 Å². The van der Waals surface area contributed by atoms with Crippen LogP contribution in [0.3, 0.4) is 0 Å². The van der Waals surface area contributed by atoms with Crippen LogP contribution in [0.5, 0.6) is 0 Å². The Morgan fingerprint density at radius 1 is 1.07 bits per heavy atom. The summed E-state index contributed by atoms with van der Waals surface area (Å²) in [4.78, 5) is 38.0. The summed E-state index contributed by atoms with van der Waals surface area (Å²) in [6, 6.07) is 15.3. The van der Waals surface area contributed by atoms with E-state index in [1.807, 2.05) is 44.2 Å². The molecule has 7 heteroatoms. The minimum atomic E-state index is -0.617. The molecule has 0 saturated carbocycles. The lowest BCUT2D eigenvalue weighted by atomic mass is 10.1. The predicted molar refractivity (Wildman–Crippen MR) is 111 cm³/mol. The number of nitrogens with one attached hydrogen (secondary N) is 1. The Morgan fingerprint density at radius 2 is 1.72 bits per heavy atom. The van der Waals surface area contributed by atoms with Gasteiger partial charge < -0.3 is 10.2 Å². The van der Waals surface area contributed by atoms with Crippen LogP contribution in [0, 0.1) is 10.1 Å². The molecule has 0 spiro atoms. The zero-order valence-electron chi connectivity index (χ0n) is 16.8. The summed E-state index contributed by atoms with van der Waals surface area (Å²) in [7, 11) is 0. The van der Waals surface area contributed by atoms with Crippen LogP contribution < -0.4 is 5.32 Å². The van der Waals surface area contributed by atoms with Crippen molar-refractivity contribution in [1.29, 1.82) is 0 Å². The number of carbonyl (C=O) groups excluding carboxylic acids is 2. The maximum atomic E-state index is 13.1. The van der Waals surface area contributed by atoms with Gasteiger partial charge in [0.2, 0.25) is 11.8 Å². The highest BCUT2D eigenvalue weighted by atomic mass is 16.6. The van der Waals surface area contributed by atoms with Crippen molar-refractivity contribution in [3.05, 3.63) is 75.8 Å². The summed E-state index contributed by atoms with van der Waals surface area (Å²) in [5, 5.41) is 14.1. The highest BCUT2D eigenvalue weighted by Crippen LogP contribution is 2.20. The molecule has 1 N–H and O–H groups in total. The molecular weight excluding hydrogens is 370 g/mol. The molecule has 0 aliphatic heterocycles. The van der Waals surface area contributed by atoms with Crippen LogP contribution in [-0.2, 0) is 22.4 Å². The van der Waals surface area contributed by atoms with E-state index in [2.05, 4.69) is 5.32 Å². The fourth-order valence-corrected chi connectivity index (χ4v) is 3.29. The summed E-state index contributed by atoms with van der Waals surface area (Å²) in [6.45, 7) is 4.51. The largest absolute Gasteiger partial charge is 0.355 e. The third-order valence-corrected chi connectivity index (χ3v) is 4.75. The SMILES string of the molecule is CCNC(=O)C(CC)N(CCc1ccccc1)C(=O)Cc1ccccc1[N+](=O)[O-]. The summed E-state index contributed by atoms with van der Waals surface area (Å²) < 4.78 is 0. The van der Waals surface area contributed by atoms with Crippen molar-refractivity contribution in [2.45, 2.75) is 39.2 Å². The zero-order chi connectivity index (χ0) is 21.2. The van der Waals surface area contributed by atoms with Gasteiger partial charge >= 0.3 is 0 Å². The second-order valence-electron chi connectivity index (χ2n) is 6.70. The van der Waals surface area contributed by atoms with Gasteiger partial charge in [0.1, 0.15) is 6.04 Å². The van der Waals surface area contributed by atoms with Gasteiger partial charge in [-0.05, 0) is 25.3 Å². The van der Waals surface area contributed by atoms with Crippen molar-refractivity contribution in [3.8, 4) is 0 Å². The molecule has 0 saturated heterocycles. The van der Waals surface area contributed by atoms with E-state index in [0.29, 0.717) is 31.5 Å². The van der Waals surface area contributed by atoms with Crippen LogP contribution in [0.25, 0.3) is 0 Å². The van der Waals surface area contributed by atoms with Crippen molar-refractivity contribution in [2.75, 3.05) is 13.1 Å². The summed E-state index contributed by atoms with van der Waals surface area (Å²) in [5.74, 6) is -0.507. The number of para-hydroxylation sites is 1. The number of likely N-dealkylation sites (N-methyl/N-ethyl adjacent to an activating group) is 1. The van der Waals surface area contributed by atoms with E-state index < -0.39 is 11.0 Å². The normalized spacial score (nSPS) is 11.5. The number of nitro benzene ring substituents is 1. The Hall–Kier alpha value is -3.22. The van der Waals surface area contributed by atoms with Gasteiger partial charge in [-0.1, -0.05) is 55.5 Å². The lowest BCUT2D eigenvalue weighted by molar-refractivity contribution is -0.385. The van der Waals surface area contributed by atoms with Gasteiger partial charge in [0, 0.05) is 24.7 Å². The van der Waals surface area contributed by atoms with E-state index in [1.165, 1.54) is 6.07 Å². The molecule has 0 bridgehead atoms. The summed E-state index contributed by atoms with van der Waals surface area (Å²) in [6.07, 6.45) is 0.935. The summed E-state index contributed by atoms with van der Waals surface area (Å²) >= 11 is 0. The van der Waals surface area contributed by atoms with Crippen LogP contribution in [0.1, 0.15) is 31.4 Å². The molecule has 0 heterocycles. The van der Waals surface area contributed by atoms with E-state index >= 15 is 0 Å². The standard InChI is InChI=1S/C22H27N3O4/c1-3-19(22(27)23-4-2)24(15-14-17-10-6-5-7-11-17)21(26)16-18-12-8-9-13-20(18)25(28)29/h5-13,19H,3-4,14-16H2,1-2H3,(H,23,27). The number of carbonyl (C=O) groups is 2. The Morgan fingerprint density at radius 3 is 2.34 bits per heavy atom. The predicted octanol–water partition coefficient (Wildman–Crippen LogP) is 3.12. The molecule has 1 atom stereocenters. The molecule has 2 aromatic carbocycles. The number of benzene rings is 2. The Bertz CT molecular complexity index is 839. The fourth-order valence-electron chi connectivity index (χ4n) is 3.29. The number of rotatable bonds is 10. The monoisotopic (exact) mass is 397 g/mol. The lowest BCUT2D eigenvalue weighted by Crippen LogP contribution is -2.50. The number of nitro groups is 1. The van der Waals surface area contributed by atoms with Crippen molar-refractivity contribution < 1.29 is 14.5 Å². The molecule has 154 valence electrons. The quantitative estimate of drug-likeness (QED) is 0.492. The topological polar surface area (TPSA) is 92.6 Å². The van der Waals surface area contributed by atoms with E-state index in [0.717, 1.165) is 5.56 Å². The minimum Gasteiger partial charge on any atom is -0.355 e. The zero-order valence-corrected chi connectivity index (χ0v) is 16.8. The smallest absolute Gasteiger partial charge is 0.273 e. The van der Waals surface area contributed by atoms with Gasteiger partial charge in [-0.3, -0.25) is 19.7 Å². The fraction of sp³-hybridized carbons (Fsp3) is 0.364. The van der Waals surface area contributed by atoms with Crippen molar-refractivity contribution in [1.82, 2.24) is 10.2 Å². The van der Waals surface area contributed by atoms with Crippen LogP contribution in [0.4, 0.5) is 5.69 Å². The maximum Gasteiger partial charge on any atom is 0.273 e. The van der Waals surface area contributed by atoms with Gasteiger partial charge in [-0.15, -0.1) is 0 Å². The van der Waals surface area contributed by atoms with E-state index in [-0.39, 0.29) is 23.9 Å². The summed E-state index contributed by atoms with van der Waals surface area (Å²) in [5.41, 5.74) is 1.31. The average molecular weight is 397 g/mol. The average Bonchev–Trinajstić information content (AvgIpc) is 2.72. The molecule has 0 aromatic heterocycles. The number of amides is 2. The van der Waals surface area contributed by atoms with Gasteiger partial charge in [-0.25, -0.2) is 0 Å². The first-order valence-corrected chi connectivity index (χ1v) is 9.81. The highest BCUT2D eigenvalue weighted by Gasteiger charge is 2.29. The van der Waals surface area contributed by atoms with Gasteiger partial charge in [0.05, 0.1) is 11.3 Å². The molecule has 0 radical (unpaired) electrons. The molecule has 0 fully saturated rings. The molecular formula is C22H27N3O4. The maximum absolute atomic E-state index is 13.1. The van der Waals surface area contributed by atoms with Crippen molar-refractivity contribution >= 4 is 17.5 Å². The van der Waals surface area contributed by atoms with Crippen LogP contribution >= 0.6 is 0 Å². The minimum absolute atomic E-state index is 0.0880. The highest BCUT2D eigenvalue weighted by molar-refractivity contribution is 5.88. The molecule has 2 amide bonds. The first-order chi connectivity index (χ1) is 14.0. The third kappa shape index (κ3) is 6.14. The van der Waals surface area contributed by atoms with E-state index in [1.54, 1.807) is 23.1 Å². The van der Waals surface area contributed by atoms with Crippen LogP contribution in [0.15, 0.2) is 54.6 Å². The number of hydrogen-bond acceptors (Lipinski definition) is 4. The van der Waals surface area contributed by atoms with Gasteiger partial charge in [0.25, 0.3) is 5.69 Å².